The summed E-state index contributed by atoms with van der Waals surface area (Å²) in [4.78, 5) is 12.9. The molecule has 172 valence electrons. The average Bonchev–Trinajstić information content (AvgIpc) is 3.26. The van der Waals surface area contributed by atoms with Crippen LogP contribution in [0.3, 0.4) is 0 Å². The predicted molar refractivity (Wildman–Crippen MR) is 120 cm³/mol. The van der Waals surface area contributed by atoms with Crippen LogP contribution >= 0.6 is 0 Å². The summed E-state index contributed by atoms with van der Waals surface area (Å²) in [5.74, 6) is 0.497. The zero-order valence-corrected chi connectivity index (χ0v) is 19.5. The molecule has 1 heterocycles. The second kappa shape index (κ2) is 10.0. The number of benzene rings is 1. The number of fused-ring (bicyclic) bond motifs is 1. The molecule has 0 radical (unpaired) electrons. The summed E-state index contributed by atoms with van der Waals surface area (Å²) in [6, 6.07) is 5.56. The van der Waals surface area contributed by atoms with Gasteiger partial charge in [-0.15, -0.1) is 0 Å². The van der Waals surface area contributed by atoms with Crippen LogP contribution in [0.4, 0.5) is 0 Å². The van der Waals surface area contributed by atoms with Gasteiger partial charge in [-0.1, -0.05) is 25.8 Å². The third-order valence-corrected chi connectivity index (χ3v) is 9.19. The van der Waals surface area contributed by atoms with E-state index in [0.717, 1.165) is 25.7 Å². The molecule has 2 atom stereocenters. The van der Waals surface area contributed by atoms with E-state index in [2.05, 4.69) is 12.2 Å². The first-order chi connectivity index (χ1) is 14.9. The van der Waals surface area contributed by atoms with Gasteiger partial charge in [-0.3, -0.25) is 4.79 Å². The zero-order chi connectivity index (χ0) is 21.8. The van der Waals surface area contributed by atoms with Crippen molar-refractivity contribution in [3.05, 3.63) is 29.3 Å². The standard InChI is InChI=1S/C24H36N2O4S/c1-18-5-2-3-8-23(18)30-16-13-25-24(27)20-11-14-26(15-12-20)31(28,29)22-10-9-19-6-4-7-21(19)17-22/h9-10,17-18,20,23H,2-8,11-16H2,1H3,(H,25,27). The normalized spacial score (nSPS) is 25.3. The Morgan fingerprint density at radius 1 is 1.06 bits per heavy atom. The topological polar surface area (TPSA) is 75.7 Å². The van der Waals surface area contributed by atoms with E-state index in [1.54, 1.807) is 10.4 Å². The number of carbonyl (C=O) groups is 1. The van der Waals surface area contributed by atoms with Gasteiger partial charge in [-0.05, 0) is 74.1 Å². The summed E-state index contributed by atoms with van der Waals surface area (Å²) >= 11 is 0. The minimum Gasteiger partial charge on any atom is -0.376 e. The number of hydrogen-bond donors (Lipinski definition) is 1. The molecule has 6 nitrogen and oxygen atoms in total. The van der Waals surface area contributed by atoms with Gasteiger partial charge in [-0.2, -0.15) is 4.31 Å². The minimum absolute atomic E-state index is 0.0230. The van der Waals surface area contributed by atoms with Crippen LogP contribution in [0.1, 0.15) is 63.0 Å². The Morgan fingerprint density at radius 3 is 2.58 bits per heavy atom. The summed E-state index contributed by atoms with van der Waals surface area (Å²) in [6.07, 6.45) is 9.42. The lowest BCUT2D eigenvalue weighted by atomic mass is 9.88. The largest absolute Gasteiger partial charge is 0.376 e. The molecule has 2 aliphatic carbocycles. The molecular formula is C24H36N2O4S. The average molecular weight is 449 g/mol. The summed E-state index contributed by atoms with van der Waals surface area (Å²) in [7, 11) is -3.49. The molecule has 1 N–H and O–H groups in total. The van der Waals surface area contributed by atoms with Crippen molar-refractivity contribution in [2.75, 3.05) is 26.2 Å². The summed E-state index contributed by atoms with van der Waals surface area (Å²) in [6.45, 7) is 4.11. The van der Waals surface area contributed by atoms with Crippen LogP contribution in [0, 0.1) is 11.8 Å². The number of amides is 1. The molecule has 0 bridgehead atoms. The first-order valence-electron chi connectivity index (χ1n) is 12.0. The fourth-order valence-electron chi connectivity index (χ4n) is 5.27. The van der Waals surface area contributed by atoms with E-state index in [-0.39, 0.29) is 11.8 Å². The van der Waals surface area contributed by atoms with Crippen molar-refractivity contribution in [1.29, 1.82) is 0 Å². The van der Waals surface area contributed by atoms with E-state index in [1.807, 2.05) is 12.1 Å². The highest BCUT2D eigenvalue weighted by atomic mass is 32.2. The third kappa shape index (κ3) is 5.32. The number of ether oxygens (including phenoxy) is 1. The number of sulfonamides is 1. The van der Waals surface area contributed by atoms with Gasteiger partial charge in [0.05, 0.1) is 17.6 Å². The van der Waals surface area contributed by atoms with E-state index < -0.39 is 10.0 Å². The SMILES string of the molecule is CC1CCCCC1OCCNC(=O)C1CCN(S(=O)(=O)c2ccc3c(c2)CCC3)CC1. The number of aryl methyl sites for hydroxylation is 2. The summed E-state index contributed by atoms with van der Waals surface area (Å²) < 4.78 is 33.6. The van der Waals surface area contributed by atoms with Crippen molar-refractivity contribution in [3.63, 3.8) is 0 Å². The van der Waals surface area contributed by atoms with Gasteiger partial charge in [0.15, 0.2) is 0 Å². The van der Waals surface area contributed by atoms with Gasteiger partial charge in [0, 0.05) is 25.6 Å². The number of rotatable bonds is 7. The highest BCUT2D eigenvalue weighted by Crippen LogP contribution is 2.29. The smallest absolute Gasteiger partial charge is 0.243 e. The maximum atomic E-state index is 13.1. The van der Waals surface area contributed by atoms with Crippen molar-refractivity contribution >= 4 is 15.9 Å². The van der Waals surface area contributed by atoms with Gasteiger partial charge in [0.1, 0.15) is 0 Å². The fourth-order valence-corrected chi connectivity index (χ4v) is 6.80. The quantitative estimate of drug-likeness (QED) is 0.650. The first kappa shape index (κ1) is 22.7. The Labute approximate surface area is 186 Å². The molecule has 2 fully saturated rings. The van der Waals surface area contributed by atoms with E-state index in [9.17, 15) is 13.2 Å². The summed E-state index contributed by atoms with van der Waals surface area (Å²) in [5, 5.41) is 2.99. The highest BCUT2D eigenvalue weighted by Gasteiger charge is 2.32. The van der Waals surface area contributed by atoms with Crippen molar-refractivity contribution in [2.45, 2.75) is 75.7 Å². The Morgan fingerprint density at radius 2 is 1.81 bits per heavy atom. The lowest BCUT2D eigenvalue weighted by Crippen LogP contribution is -2.43. The maximum absolute atomic E-state index is 13.1. The van der Waals surface area contributed by atoms with Gasteiger partial charge < -0.3 is 10.1 Å². The second-order valence-corrected chi connectivity index (χ2v) is 11.4. The van der Waals surface area contributed by atoms with Gasteiger partial charge in [-0.25, -0.2) is 8.42 Å². The molecular weight excluding hydrogens is 412 g/mol. The van der Waals surface area contributed by atoms with Crippen molar-refractivity contribution in [2.24, 2.45) is 11.8 Å². The Hall–Kier alpha value is -1.44. The molecule has 3 aliphatic rings. The minimum atomic E-state index is -3.49. The molecule has 2 unspecified atom stereocenters. The van der Waals surface area contributed by atoms with Crippen LogP contribution < -0.4 is 5.32 Å². The molecule has 1 saturated carbocycles. The monoisotopic (exact) mass is 448 g/mol. The molecule has 1 aromatic rings. The van der Waals surface area contributed by atoms with Gasteiger partial charge in [0.2, 0.25) is 15.9 Å². The predicted octanol–water partition coefficient (Wildman–Crippen LogP) is 3.29. The van der Waals surface area contributed by atoms with Crippen molar-refractivity contribution in [1.82, 2.24) is 9.62 Å². The van der Waals surface area contributed by atoms with Gasteiger partial charge in [0.25, 0.3) is 0 Å². The van der Waals surface area contributed by atoms with Crippen LogP contribution in [0.5, 0.6) is 0 Å². The number of nitrogens with one attached hydrogen (secondary N) is 1. The van der Waals surface area contributed by atoms with Crippen LogP contribution in [0.15, 0.2) is 23.1 Å². The number of hydrogen-bond acceptors (Lipinski definition) is 4. The molecule has 4 rings (SSSR count). The first-order valence-corrected chi connectivity index (χ1v) is 13.4. The maximum Gasteiger partial charge on any atom is 0.243 e. The molecule has 1 aromatic carbocycles. The van der Waals surface area contributed by atoms with Crippen LogP contribution in [-0.4, -0.2) is 51.0 Å². The van der Waals surface area contributed by atoms with Crippen molar-refractivity contribution < 1.29 is 17.9 Å². The summed E-state index contributed by atoms with van der Waals surface area (Å²) in [5.41, 5.74) is 2.44. The molecule has 7 heteroatoms. The Balaban J connectivity index is 1.22. The Kier molecular flexibility index (Phi) is 7.34. The van der Waals surface area contributed by atoms with Crippen LogP contribution in [0.25, 0.3) is 0 Å². The van der Waals surface area contributed by atoms with E-state index >= 15 is 0 Å². The molecule has 1 amide bonds. The van der Waals surface area contributed by atoms with Crippen LogP contribution in [-0.2, 0) is 32.4 Å². The molecule has 1 saturated heterocycles. The lowest BCUT2D eigenvalue weighted by Gasteiger charge is -2.31. The lowest BCUT2D eigenvalue weighted by molar-refractivity contribution is -0.126. The van der Waals surface area contributed by atoms with E-state index in [0.29, 0.717) is 56.0 Å². The number of nitrogens with zero attached hydrogens (tertiary/aromatic N) is 1. The number of carbonyl (C=O) groups excluding carboxylic acids is 1. The zero-order valence-electron chi connectivity index (χ0n) is 18.6. The third-order valence-electron chi connectivity index (χ3n) is 7.30. The molecule has 0 spiro atoms. The van der Waals surface area contributed by atoms with E-state index in [4.69, 9.17) is 4.74 Å². The van der Waals surface area contributed by atoms with Gasteiger partial charge >= 0.3 is 0 Å². The number of piperidine rings is 1. The Bertz CT molecular complexity index is 878. The molecule has 31 heavy (non-hydrogen) atoms. The van der Waals surface area contributed by atoms with E-state index in [1.165, 1.54) is 30.4 Å². The molecule has 1 aliphatic heterocycles. The van der Waals surface area contributed by atoms with Crippen molar-refractivity contribution in [3.8, 4) is 0 Å². The van der Waals surface area contributed by atoms with Crippen LogP contribution in [0.2, 0.25) is 0 Å². The highest BCUT2D eigenvalue weighted by molar-refractivity contribution is 7.89. The molecule has 0 aromatic heterocycles. The fraction of sp³-hybridized carbons (Fsp3) is 0.708. The second-order valence-electron chi connectivity index (χ2n) is 9.42.